The van der Waals surface area contributed by atoms with E-state index < -0.39 is 62.4 Å². The molecule has 0 bridgehead atoms. The van der Waals surface area contributed by atoms with Gasteiger partial charge in [0.15, 0.2) is 11.6 Å². The molecule has 4 heterocycles. The summed E-state index contributed by atoms with van der Waals surface area (Å²) in [4.78, 5) is 13.2. The molecule has 3 aromatic heterocycles. The van der Waals surface area contributed by atoms with Crippen molar-refractivity contribution in [2.75, 3.05) is 4.90 Å². The number of aromatic nitrogens is 7. The van der Waals surface area contributed by atoms with Gasteiger partial charge in [0.05, 0.1) is 18.7 Å². The highest BCUT2D eigenvalue weighted by molar-refractivity contribution is 5.66. The van der Waals surface area contributed by atoms with Crippen LogP contribution in [0.3, 0.4) is 0 Å². The minimum Gasteiger partial charge on any atom is -0.342 e. The van der Waals surface area contributed by atoms with Gasteiger partial charge < -0.3 is 4.90 Å². The summed E-state index contributed by atoms with van der Waals surface area (Å²) in [5, 5.41) is 7.54. The second-order valence-corrected chi connectivity index (χ2v) is 7.30. The van der Waals surface area contributed by atoms with E-state index in [1.54, 1.807) is 0 Å². The number of hydrogen-bond acceptors (Lipinski definition) is 6. The van der Waals surface area contributed by atoms with Crippen molar-refractivity contribution in [3.05, 3.63) is 60.1 Å². The van der Waals surface area contributed by atoms with Crippen LogP contribution in [-0.4, -0.2) is 40.3 Å². The molecular formula is C23H23F3N8. The maximum absolute atomic E-state index is 13.2. The summed E-state index contributed by atoms with van der Waals surface area (Å²) in [5.74, 6) is -1.50. The highest BCUT2D eigenvalue weighted by atomic mass is 19.4. The Morgan fingerprint density at radius 3 is 2.68 bits per heavy atom. The van der Waals surface area contributed by atoms with Crippen LogP contribution in [0, 0.1) is 6.92 Å². The molecule has 34 heavy (non-hydrogen) atoms. The fraction of sp³-hybridized carbons (Fsp3) is 0.348. The lowest BCUT2D eigenvalue weighted by molar-refractivity contribution is -0.137. The van der Waals surface area contributed by atoms with Gasteiger partial charge in [-0.1, -0.05) is 19.0 Å². The van der Waals surface area contributed by atoms with Crippen LogP contribution in [0.4, 0.5) is 19.0 Å². The predicted molar refractivity (Wildman–Crippen MR) is 120 cm³/mol. The highest BCUT2D eigenvalue weighted by Gasteiger charge is 2.36. The fourth-order valence-electron chi connectivity index (χ4n) is 3.79. The summed E-state index contributed by atoms with van der Waals surface area (Å²) in [6.07, 6.45) is -4.44. The van der Waals surface area contributed by atoms with E-state index in [-0.39, 0.29) is 33.6 Å². The molecule has 0 N–H and O–H groups in total. The molecule has 0 fully saturated rings. The summed E-state index contributed by atoms with van der Waals surface area (Å²) in [6.45, 7) is -9.59. The van der Waals surface area contributed by atoms with Crippen LogP contribution in [0.5, 0.6) is 0 Å². The molecule has 0 amide bonds. The molecule has 1 aliphatic heterocycles. The van der Waals surface area contributed by atoms with Crippen molar-refractivity contribution in [3.63, 3.8) is 0 Å². The summed E-state index contributed by atoms with van der Waals surface area (Å²) in [6, 6.07) is -2.16. The zero-order valence-corrected chi connectivity index (χ0v) is 17.3. The van der Waals surface area contributed by atoms with Crippen LogP contribution in [0.15, 0.2) is 43.0 Å². The van der Waals surface area contributed by atoms with Gasteiger partial charge in [-0.25, -0.2) is 9.97 Å². The summed E-state index contributed by atoms with van der Waals surface area (Å²) >= 11 is 0. The minimum atomic E-state index is -4.61. The number of rotatable bonds is 4. The van der Waals surface area contributed by atoms with Gasteiger partial charge in [0, 0.05) is 39.1 Å². The van der Waals surface area contributed by atoms with Gasteiger partial charge in [-0.2, -0.15) is 18.2 Å². The number of nitrogens with zero attached hydrogens (tertiary/aromatic N) is 8. The van der Waals surface area contributed by atoms with E-state index in [0.29, 0.717) is 0 Å². The standard InChI is InChI=1S/C23H23F3N8/c1-5-17-20-31-28-12-33(20)18-14(4)29-22(30-21(18)34(17)13(2)3)32-11-10-27-19(32)15-6-8-16(9-7-15)23(24,25)26/h6-13,17H,5H2,1-4H3/i1D3,2D3,3D3,5D2,13D. The number of anilines is 1. The van der Waals surface area contributed by atoms with E-state index in [2.05, 4.69) is 25.1 Å². The summed E-state index contributed by atoms with van der Waals surface area (Å²) in [5.41, 5.74) is -0.912. The minimum absolute atomic E-state index is 0.00412. The Bertz CT molecular complexity index is 1760. The van der Waals surface area contributed by atoms with Crippen molar-refractivity contribution in [2.24, 2.45) is 0 Å². The molecule has 176 valence electrons. The van der Waals surface area contributed by atoms with E-state index in [1.165, 1.54) is 23.9 Å². The topological polar surface area (TPSA) is 77.5 Å². The molecule has 0 saturated carbocycles. The average Bonchev–Trinajstić information content (AvgIpc) is 3.59. The second-order valence-electron chi connectivity index (χ2n) is 7.30. The number of halogens is 3. The zero-order valence-electron chi connectivity index (χ0n) is 29.3. The number of benzene rings is 1. The van der Waals surface area contributed by atoms with Crippen LogP contribution in [-0.2, 0) is 6.18 Å². The third-order valence-electron chi connectivity index (χ3n) is 5.28. The maximum Gasteiger partial charge on any atom is 0.416 e. The molecule has 1 aliphatic rings. The van der Waals surface area contributed by atoms with E-state index in [4.69, 9.17) is 16.4 Å². The molecule has 0 aliphatic carbocycles. The van der Waals surface area contributed by atoms with Crippen molar-refractivity contribution in [2.45, 2.75) is 52.1 Å². The third kappa shape index (κ3) is 3.42. The first kappa shape index (κ1) is 12.1. The van der Waals surface area contributed by atoms with Gasteiger partial charge in [0.1, 0.15) is 17.8 Å². The second kappa shape index (κ2) is 7.93. The Morgan fingerprint density at radius 2 is 1.97 bits per heavy atom. The van der Waals surface area contributed by atoms with Gasteiger partial charge in [-0.3, -0.25) is 9.13 Å². The molecular weight excluding hydrogens is 445 g/mol. The lowest BCUT2D eigenvalue weighted by Crippen LogP contribution is -2.41. The summed E-state index contributed by atoms with van der Waals surface area (Å²) in [7, 11) is 0. The Kier molecular flexibility index (Phi) is 2.82. The summed E-state index contributed by atoms with van der Waals surface area (Å²) < 4.78 is 141. The lowest BCUT2D eigenvalue weighted by atomic mass is 10.1. The van der Waals surface area contributed by atoms with Crippen molar-refractivity contribution < 1.29 is 29.6 Å². The predicted octanol–water partition coefficient (Wildman–Crippen LogP) is 4.92. The average molecular weight is 481 g/mol. The molecule has 5 rings (SSSR count). The quantitative estimate of drug-likeness (QED) is 0.413. The van der Waals surface area contributed by atoms with Gasteiger partial charge in [-0.05, 0) is 39.1 Å². The third-order valence-corrected chi connectivity index (χ3v) is 5.28. The van der Waals surface area contributed by atoms with E-state index in [9.17, 15) is 13.2 Å². The largest absolute Gasteiger partial charge is 0.416 e. The molecule has 1 atom stereocenters. The lowest BCUT2D eigenvalue weighted by Gasteiger charge is -2.40. The normalized spacial score (nSPS) is 22.6. The van der Waals surface area contributed by atoms with Crippen molar-refractivity contribution in [1.82, 2.24) is 34.3 Å². The first-order valence-electron chi connectivity index (χ1n) is 15.7. The molecule has 1 unspecified atom stereocenters. The monoisotopic (exact) mass is 480 g/mol. The molecule has 11 heteroatoms. The maximum atomic E-state index is 13.2. The number of imidazole rings is 1. The van der Waals surface area contributed by atoms with Crippen molar-refractivity contribution >= 4 is 5.82 Å². The Hall–Kier alpha value is -3.76. The smallest absolute Gasteiger partial charge is 0.342 e. The van der Waals surface area contributed by atoms with Gasteiger partial charge >= 0.3 is 6.18 Å². The van der Waals surface area contributed by atoms with Crippen molar-refractivity contribution in [3.8, 4) is 23.0 Å². The van der Waals surface area contributed by atoms with E-state index >= 15 is 0 Å². The Labute approximate surface area is 211 Å². The van der Waals surface area contributed by atoms with E-state index in [1.807, 2.05) is 0 Å². The van der Waals surface area contributed by atoms with Crippen LogP contribution in [0.25, 0.3) is 23.0 Å². The van der Waals surface area contributed by atoms with Gasteiger partial charge in [0.25, 0.3) is 0 Å². The fourth-order valence-corrected chi connectivity index (χ4v) is 3.79. The number of fused-ring (bicyclic) bond motifs is 3. The number of aryl methyl sites for hydroxylation is 1. The number of alkyl halides is 3. The Morgan fingerprint density at radius 1 is 1.18 bits per heavy atom. The van der Waals surface area contributed by atoms with Crippen LogP contribution in [0.1, 0.15) is 66.5 Å². The van der Waals surface area contributed by atoms with Gasteiger partial charge in [0.2, 0.25) is 5.95 Å². The molecule has 0 spiro atoms. The first-order chi connectivity index (χ1) is 20.9. The molecule has 0 radical (unpaired) electrons. The Balaban J connectivity index is 1.84. The zero-order chi connectivity index (χ0) is 34.4. The number of hydrogen-bond donors (Lipinski definition) is 0. The van der Waals surface area contributed by atoms with Crippen LogP contribution in [0.2, 0.25) is 0 Å². The highest BCUT2D eigenvalue weighted by Crippen LogP contribution is 2.41. The van der Waals surface area contributed by atoms with E-state index in [0.717, 1.165) is 35.2 Å². The first-order valence-corrected chi connectivity index (χ1v) is 9.72. The van der Waals surface area contributed by atoms with Crippen LogP contribution >= 0.6 is 0 Å². The molecule has 1 aromatic carbocycles. The van der Waals surface area contributed by atoms with Gasteiger partial charge in [-0.15, -0.1) is 10.2 Å². The molecule has 8 nitrogen and oxygen atoms in total. The molecule has 0 saturated heterocycles. The SMILES string of the molecule is [2H]C([2H])([2H])C([2H])([2H])C1c2nncn2-c2c(C)nc(-n3ccnc3-c3ccc(C(F)(F)F)cc3)nc2N1C([2H])(C([2H])([2H])[2H])C([2H])([2H])[2H]. The molecule has 4 aromatic rings. The van der Waals surface area contributed by atoms with Crippen LogP contribution < -0.4 is 4.90 Å². The van der Waals surface area contributed by atoms with Crippen molar-refractivity contribution in [1.29, 1.82) is 0 Å².